The molecule has 2 nitrogen and oxygen atoms in total. The van der Waals surface area contributed by atoms with E-state index in [1.807, 2.05) is 27.7 Å². The Morgan fingerprint density at radius 3 is 2.13 bits per heavy atom. The van der Waals surface area contributed by atoms with E-state index in [0.29, 0.717) is 11.5 Å². The number of nitriles is 1. The van der Waals surface area contributed by atoms with Gasteiger partial charge in [0, 0.05) is 23.9 Å². The average molecular weight is 210 g/mol. The molecule has 3 atom stereocenters. The van der Waals surface area contributed by atoms with Crippen LogP contribution in [-0.4, -0.2) is 24.0 Å². The summed E-state index contributed by atoms with van der Waals surface area (Å²) in [5.41, 5.74) is 0.420. The van der Waals surface area contributed by atoms with E-state index >= 15 is 0 Å². The molecule has 0 N–H and O–H groups in total. The molecule has 1 saturated carbocycles. The highest BCUT2D eigenvalue weighted by atomic mass is 15.2. The molecule has 1 aliphatic carbocycles. The molecule has 0 bridgehead atoms. The van der Waals surface area contributed by atoms with Crippen LogP contribution in [0.5, 0.6) is 0 Å². The minimum Gasteiger partial charge on any atom is -0.300 e. The number of rotatable bonds is 1. The first-order valence-corrected chi connectivity index (χ1v) is 6.28. The second kappa shape index (κ2) is 6.12. The zero-order valence-corrected chi connectivity index (χ0v) is 11.2. The minimum atomic E-state index is 0.420. The van der Waals surface area contributed by atoms with E-state index in [2.05, 4.69) is 24.9 Å². The van der Waals surface area contributed by atoms with Crippen LogP contribution in [0.3, 0.4) is 0 Å². The molecule has 0 aromatic rings. The van der Waals surface area contributed by atoms with Crippen LogP contribution >= 0.6 is 0 Å². The SMILES string of the molecule is CC.CC.CC1C[C@]2(CC#N)CC2N1C. The Morgan fingerprint density at radius 2 is 1.80 bits per heavy atom. The Bertz CT molecular complexity index is 219. The summed E-state index contributed by atoms with van der Waals surface area (Å²) in [5, 5.41) is 8.62. The Hall–Kier alpha value is -0.550. The Balaban J connectivity index is 0.000000442. The summed E-state index contributed by atoms with van der Waals surface area (Å²) in [6, 6.07) is 3.74. The lowest BCUT2D eigenvalue weighted by molar-refractivity contribution is 0.286. The van der Waals surface area contributed by atoms with Gasteiger partial charge in [0.1, 0.15) is 0 Å². The third-order valence-corrected chi connectivity index (χ3v) is 3.47. The fourth-order valence-corrected chi connectivity index (χ4v) is 2.58. The molecule has 2 rings (SSSR count). The summed E-state index contributed by atoms with van der Waals surface area (Å²) in [5.74, 6) is 0. The molecule has 2 aliphatic rings. The van der Waals surface area contributed by atoms with Crippen molar-refractivity contribution in [3.05, 3.63) is 0 Å². The number of hydrogen-bond acceptors (Lipinski definition) is 2. The van der Waals surface area contributed by atoms with Crippen molar-refractivity contribution in [2.24, 2.45) is 5.41 Å². The molecule has 2 heteroatoms. The third kappa shape index (κ3) is 2.72. The highest BCUT2D eigenvalue weighted by Gasteiger charge is 2.61. The second-order valence-electron chi connectivity index (χ2n) is 4.14. The van der Waals surface area contributed by atoms with Crippen molar-refractivity contribution in [3.8, 4) is 6.07 Å². The largest absolute Gasteiger partial charge is 0.300 e. The van der Waals surface area contributed by atoms with Crippen LogP contribution in [0.25, 0.3) is 0 Å². The molecule has 15 heavy (non-hydrogen) atoms. The normalized spacial score (nSPS) is 36.3. The molecule has 0 spiro atoms. The first kappa shape index (κ1) is 14.5. The molecule has 2 fully saturated rings. The van der Waals surface area contributed by atoms with Gasteiger partial charge in [-0.3, -0.25) is 0 Å². The number of fused-ring (bicyclic) bond motifs is 1. The van der Waals surface area contributed by atoms with Crippen molar-refractivity contribution < 1.29 is 0 Å². The van der Waals surface area contributed by atoms with E-state index in [-0.39, 0.29) is 0 Å². The third-order valence-electron chi connectivity index (χ3n) is 3.47. The van der Waals surface area contributed by atoms with Crippen LogP contribution in [0.4, 0.5) is 0 Å². The smallest absolute Gasteiger partial charge is 0.0628 e. The summed E-state index contributed by atoms with van der Waals surface area (Å²) in [6.07, 6.45) is 3.27. The lowest BCUT2D eigenvalue weighted by atomic mass is 9.97. The first-order valence-electron chi connectivity index (χ1n) is 6.28. The summed E-state index contributed by atoms with van der Waals surface area (Å²) in [4.78, 5) is 2.43. The maximum atomic E-state index is 8.62. The molecular formula is C13H26N2. The standard InChI is InChI=1S/C9H14N2.2C2H6/c1-7-5-9(3-4-10)6-8(9)11(7)2;2*1-2/h7-8H,3,5-6H2,1-2H3;2*1-2H3/t7?,8?,9-;;/m1../s1. The van der Waals surface area contributed by atoms with Gasteiger partial charge in [-0.1, -0.05) is 27.7 Å². The monoisotopic (exact) mass is 210 g/mol. The molecular weight excluding hydrogens is 184 g/mol. The predicted octanol–water partition coefficient (Wildman–Crippen LogP) is 3.44. The quantitative estimate of drug-likeness (QED) is 0.663. The fraction of sp³-hybridized carbons (Fsp3) is 0.923. The number of hydrogen-bond donors (Lipinski definition) is 0. The van der Waals surface area contributed by atoms with Gasteiger partial charge in [-0.05, 0) is 26.8 Å². The van der Waals surface area contributed by atoms with Crippen LogP contribution in [0, 0.1) is 16.7 Å². The Morgan fingerprint density at radius 1 is 1.27 bits per heavy atom. The highest BCUT2D eigenvalue weighted by molar-refractivity contribution is 5.17. The molecule has 0 amide bonds. The van der Waals surface area contributed by atoms with Crippen LogP contribution in [0.2, 0.25) is 0 Å². The van der Waals surface area contributed by atoms with E-state index < -0.39 is 0 Å². The van der Waals surface area contributed by atoms with Crippen molar-refractivity contribution in [1.29, 1.82) is 5.26 Å². The van der Waals surface area contributed by atoms with Gasteiger partial charge in [-0.2, -0.15) is 5.26 Å². The molecule has 1 saturated heterocycles. The maximum Gasteiger partial charge on any atom is 0.0628 e. The topological polar surface area (TPSA) is 27.0 Å². The van der Waals surface area contributed by atoms with Crippen LogP contribution in [0.15, 0.2) is 0 Å². The molecule has 2 unspecified atom stereocenters. The summed E-state index contributed by atoms with van der Waals surface area (Å²) < 4.78 is 0. The summed E-state index contributed by atoms with van der Waals surface area (Å²) >= 11 is 0. The van der Waals surface area contributed by atoms with E-state index in [1.165, 1.54) is 12.8 Å². The van der Waals surface area contributed by atoms with E-state index in [4.69, 9.17) is 5.26 Å². The van der Waals surface area contributed by atoms with E-state index in [0.717, 1.165) is 12.5 Å². The molecule has 1 heterocycles. The highest BCUT2D eigenvalue weighted by Crippen LogP contribution is 2.60. The van der Waals surface area contributed by atoms with Gasteiger partial charge in [0.25, 0.3) is 0 Å². The first-order chi connectivity index (χ1) is 7.19. The molecule has 0 aromatic carbocycles. The maximum absolute atomic E-state index is 8.62. The van der Waals surface area contributed by atoms with Gasteiger partial charge < -0.3 is 4.90 Å². The van der Waals surface area contributed by atoms with Gasteiger partial charge >= 0.3 is 0 Å². The molecule has 0 aromatic heterocycles. The Kier molecular flexibility index (Phi) is 5.90. The van der Waals surface area contributed by atoms with Gasteiger partial charge in [-0.25, -0.2) is 0 Å². The number of nitrogens with zero attached hydrogens (tertiary/aromatic N) is 2. The zero-order chi connectivity index (χ0) is 12.1. The number of piperidine rings is 1. The van der Waals surface area contributed by atoms with Gasteiger partial charge in [-0.15, -0.1) is 0 Å². The van der Waals surface area contributed by atoms with Gasteiger partial charge in [0.15, 0.2) is 0 Å². The summed E-state index contributed by atoms with van der Waals surface area (Å²) in [7, 11) is 2.18. The minimum absolute atomic E-state index is 0.420. The van der Waals surface area contributed by atoms with Gasteiger partial charge in [0.05, 0.1) is 6.07 Å². The molecule has 1 aliphatic heterocycles. The molecule has 88 valence electrons. The van der Waals surface area contributed by atoms with Crippen LogP contribution in [-0.2, 0) is 0 Å². The lowest BCUT2D eigenvalue weighted by Crippen LogP contribution is -2.25. The van der Waals surface area contributed by atoms with Crippen molar-refractivity contribution in [2.45, 2.75) is 66.0 Å². The van der Waals surface area contributed by atoms with Crippen molar-refractivity contribution in [2.75, 3.05) is 7.05 Å². The van der Waals surface area contributed by atoms with E-state index in [1.54, 1.807) is 0 Å². The zero-order valence-electron chi connectivity index (χ0n) is 11.2. The van der Waals surface area contributed by atoms with Gasteiger partial charge in [0.2, 0.25) is 0 Å². The van der Waals surface area contributed by atoms with Crippen LogP contribution < -0.4 is 0 Å². The number of likely N-dealkylation sites (tertiary alicyclic amines) is 1. The van der Waals surface area contributed by atoms with E-state index in [9.17, 15) is 0 Å². The average Bonchev–Trinajstić information content (AvgIpc) is 2.91. The van der Waals surface area contributed by atoms with Crippen molar-refractivity contribution >= 4 is 0 Å². The molecule has 0 radical (unpaired) electrons. The fourth-order valence-electron chi connectivity index (χ4n) is 2.58. The van der Waals surface area contributed by atoms with Crippen molar-refractivity contribution in [3.63, 3.8) is 0 Å². The predicted molar refractivity (Wildman–Crippen MR) is 65.6 cm³/mol. The second-order valence-corrected chi connectivity index (χ2v) is 4.14. The lowest BCUT2D eigenvalue weighted by Gasteiger charge is -2.17. The Labute approximate surface area is 95.3 Å². The van der Waals surface area contributed by atoms with Crippen LogP contribution in [0.1, 0.15) is 53.9 Å². The van der Waals surface area contributed by atoms with Crippen molar-refractivity contribution in [1.82, 2.24) is 4.90 Å². The summed E-state index contributed by atoms with van der Waals surface area (Å²) in [6.45, 7) is 10.3.